The number of rotatable bonds is 8. The van der Waals surface area contributed by atoms with Crippen molar-refractivity contribution in [1.82, 2.24) is 14.8 Å². The van der Waals surface area contributed by atoms with E-state index in [1.165, 1.54) is 11.8 Å². The van der Waals surface area contributed by atoms with Gasteiger partial charge in [0.1, 0.15) is 5.76 Å². The van der Waals surface area contributed by atoms with Crippen LogP contribution in [0.2, 0.25) is 0 Å². The highest BCUT2D eigenvalue weighted by molar-refractivity contribution is 7.99. The van der Waals surface area contributed by atoms with Crippen LogP contribution in [0.15, 0.2) is 82.6 Å². The van der Waals surface area contributed by atoms with Crippen LogP contribution in [-0.4, -0.2) is 33.0 Å². The van der Waals surface area contributed by atoms with Gasteiger partial charge in [-0.1, -0.05) is 48.2 Å². The van der Waals surface area contributed by atoms with E-state index in [2.05, 4.69) is 16.3 Å². The maximum absolute atomic E-state index is 13.1. The summed E-state index contributed by atoms with van der Waals surface area (Å²) < 4.78 is 7.39. The average Bonchev–Trinajstić information content (AvgIpc) is 3.44. The van der Waals surface area contributed by atoms with Gasteiger partial charge in [0.25, 0.3) is 0 Å². The zero-order valence-electron chi connectivity index (χ0n) is 17.5. The zero-order chi connectivity index (χ0) is 22.3. The second kappa shape index (κ2) is 9.98. The number of anilines is 1. The summed E-state index contributed by atoms with van der Waals surface area (Å²) >= 11 is 1.32. The Bertz CT molecular complexity index is 1230. The van der Waals surface area contributed by atoms with E-state index in [0.29, 0.717) is 17.5 Å². The van der Waals surface area contributed by atoms with Gasteiger partial charge in [-0.2, -0.15) is 5.26 Å². The highest BCUT2D eigenvalue weighted by Crippen LogP contribution is 2.30. The van der Waals surface area contributed by atoms with Crippen molar-refractivity contribution in [3.8, 4) is 23.1 Å². The van der Waals surface area contributed by atoms with E-state index in [4.69, 9.17) is 9.68 Å². The topological polar surface area (TPSA) is 88.0 Å². The van der Waals surface area contributed by atoms with Crippen LogP contribution in [0.4, 0.5) is 5.69 Å². The Morgan fingerprint density at radius 3 is 2.47 bits per heavy atom. The number of aromatic nitrogens is 3. The number of amides is 1. The highest BCUT2D eigenvalue weighted by Gasteiger charge is 2.21. The molecule has 1 amide bonds. The summed E-state index contributed by atoms with van der Waals surface area (Å²) in [6, 6.07) is 23.1. The summed E-state index contributed by atoms with van der Waals surface area (Å²) in [6.45, 7) is 2.22. The van der Waals surface area contributed by atoms with Crippen molar-refractivity contribution >= 4 is 23.4 Å². The maximum Gasteiger partial charge on any atom is 0.237 e. The van der Waals surface area contributed by atoms with Crippen molar-refractivity contribution in [1.29, 1.82) is 5.26 Å². The normalized spacial score (nSPS) is 10.6. The van der Waals surface area contributed by atoms with E-state index in [0.717, 1.165) is 22.7 Å². The molecule has 4 aromatic rings. The van der Waals surface area contributed by atoms with E-state index in [1.54, 1.807) is 11.2 Å². The molecule has 0 N–H and O–H groups in total. The summed E-state index contributed by atoms with van der Waals surface area (Å²) in [5.41, 5.74) is 2.51. The first-order valence-corrected chi connectivity index (χ1v) is 11.1. The summed E-state index contributed by atoms with van der Waals surface area (Å²) in [6.07, 6.45) is 1.88. The second-order valence-electron chi connectivity index (χ2n) is 6.95. The Hall–Kier alpha value is -3.83. The summed E-state index contributed by atoms with van der Waals surface area (Å²) in [4.78, 5) is 14.7. The number of furan rings is 1. The molecule has 0 fully saturated rings. The van der Waals surface area contributed by atoms with E-state index >= 15 is 0 Å². The molecule has 0 saturated heterocycles. The highest BCUT2D eigenvalue weighted by atomic mass is 32.2. The number of carbonyl (C=O) groups is 1. The van der Waals surface area contributed by atoms with Gasteiger partial charge in [-0.25, -0.2) is 0 Å². The predicted molar refractivity (Wildman–Crippen MR) is 124 cm³/mol. The van der Waals surface area contributed by atoms with Gasteiger partial charge in [-0.15, -0.1) is 10.2 Å². The van der Waals surface area contributed by atoms with Crippen molar-refractivity contribution in [2.75, 3.05) is 17.2 Å². The van der Waals surface area contributed by atoms with E-state index < -0.39 is 0 Å². The van der Waals surface area contributed by atoms with Gasteiger partial charge in [0, 0.05) is 17.9 Å². The lowest BCUT2D eigenvalue weighted by molar-refractivity contribution is -0.116. The van der Waals surface area contributed by atoms with E-state index in [9.17, 15) is 4.79 Å². The lowest BCUT2D eigenvalue weighted by Crippen LogP contribution is -2.33. The molecule has 0 radical (unpaired) electrons. The monoisotopic (exact) mass is 443 g/mol. The molecular formula is C24H21N5O2S. The first-order chi connectivity index (χ1) is 15.7. The van der Waals surface area contributed by atoms with Gasteiger partial charge in [0.05, 0.1) is 30.1 Å². The standard InChI is InChI=1S/C24H21N5O2S/c1-18-21(13-16-31-18)23-26-27-24(29(23)20-11-6-3-7-12-20)32-17-22(30)28(15-8-14-25)19-9-4-2-5-10-19/h2-7,9-13,16H,8,15,17H2,1H3. The number of nitrogens with zero attached hydrogens (tertiary/aromatic N) is 5. The molecule has 0 atom stereocenters. The number of thioether (sulfide) groups is 1. The number of para-hydroxylation sites is 2. The molecule has 0 aliphatic carbocycles. The minimum absolute atomic E-state index is 0.0971. The molecule has 2 aromatic heterocycles. The maximum atomic E-state index is 13.1. The SMILES string of the molecule is Cc1occc1-c1nnc(SCC(=O)N(CCC#N)c2ccccc2)n1-c1ccccc1. The second-order valence-corrected chi connectivity index (χ2v) is 7.89. The lowest BCUT2D eigenvalue weighted by atomic mass is 10.2. The van der Waals surface area contributed by atoms with E-state index in [1.807, 2.05) is 78.2 Å². The first kappa shape index (κ1) is 21.4. The molecule has 0 unspecified atom stereocenters. The Morgan fingerprint density at radius 2 is 1.81 bits per heavy atom. The van der Waals surface area contributed by atoms with Crippen molar-refractivity contribution in [3.63, 3.8) is 0 Å². The summed E-state index contributed by atoms with van der Waals surface area (Å²) in [7, 11) is 0. The van der Waals surface area contributed by atoms with Gasteiger partial charge < -0.3 is 9.32 Å². The van der Waals surface area contributed by atoms with Crippen LogP contribution in [0.5, 0.6) is 0 Å². The largest absolute Gasteiger partial charge is 0.469 e. The van der Waals surface area contributed by atoms with Crippen LogP contribution in [0.3, 0.4) is 0 Å². The fraction of sp³-hybridized carbons (Fsp3) is 0.167. The van der Waals surface area contributed by atoms with Crippen LogP contribution < -0.4 is 4.90 Å². The average molecular weight is 444 g/mol. The molecule has 2 aromatic carbocycles. The third-order valence-corrected chi connectivity index (χ3v) is 5.80. The van der Waals surface area contributed by atoms with Crippen LogP contribution in [-0.2, 0) is 4.79 Å². The van der Waals surface area contributed by atoms with Crippen LogP contribution in [0, 0.1) is 18.3 Å². The molecule has 4 rings (SSSR count). The number of hydrogen-bond donors (Lipinski definition) is 0. The molecule has 0 bridgehead atoms. The smallest absolute Gasteiger partial charge is 0.237 e. The number of nitriles is 1. The fourth-order valence-corrected chi connectivity index (χ4v) is 4.16. The van der Waals surface area contributed by atoms with Gasteiger partial charge in [-0.3, -0.25) is 9.36 Å². The summed E-state index contributed by atoms with van der Waals surface area (Å²) in [5, 5.41) is 18.4. The molecule has 8 heteroatoms. The molecular weight excluding hydrogens is 422 g/mol. The van der Waals surface area contributed by atoms with Gasteiger partial charge in [0.2, 0.25) is 5.91 Å². The van der Waals surface area contributed by atoms with Crippen molar-refractivity contribution < 1.29 is 9.21 Å². The van der Waals surface area contributed by atoms with Crippen molar-refractivity contribution in [3.05, 3.63) is 78.8 Å². The van der Waals surface area contributed by atoms with Gasteiger partial charge in [-0.05, 0) is 37.3 Å². The number of aryl methyl sites for hydroxylation is 1. The molecule has 0 aliphatic rings. The van der Waals surface area contributed by atoms with E-state index in [-0.39, 0.29) is 18.1 Å². The van der Waals surface area contributed by atoms with Gasteiger partial charge >= 0.3 is 0 Å². The van der Waals surface area contributed by atoms with Gasteiger partial charge in [0.15, 0.2) is 11.0 Å². The minimum atomic E-state index is -0.0971. The van der Waals surface area contributed by atoms with Crippen LogP contribution >= 0.6 is 11.8 Å². The molecule has 7 nitrogen and oxygen atoms in total. The Balaban J connectivity index is 1.62. The molecule has 0 aliphatic heterocycles. The molecule has 32 heavy (non-hydrogen) atoms. The molecule has 2 heterocycles. The number of benzene rings is 2. The molecule has 160 valence electrons. The third kappa shape index (κ3) is 4.58. The fourth-order valence-electron chi connectivity index (χ4n) is 3.34. The quantitative estimate of drug-likeness (QED) is 0.361. The number of hydrogen-bond acceptors (Lipinski definition) is 6. The Morgan fingerprint density at radius 1 is 1.09 bits per heavy atom. The Kier molecular flexibility index (Phi) is 6.68. The van der Waals surface area contributed by atoms with Crippen LogP contribution in [0.25, 0.3) is 17.1 Å². The molecule has 0 saturated carbocycles. The predicted octanol–water partition coefficient (Wildman–Crippen LogP) is 4.87. The lowest BCUT2D eigenvalue weighted by Gasteiger charge is -2.21. The molecule has 0 spiro atoms. The van der Waals surface area contributed by atoms with Crippen molar-refractivity contribution in [2.45, 2.75) is 18.5 Å². The third-order valence-electron chi connectivity index (χ3n) is 4.89. The number of carbonyl (C=O) groups excluding carboxylic acids is 1. The van der Waals surface area contributed by atoms with Crippen LogP contribution in [0.1, 0.15) is 12.2 Å². The van der Waals surface area contributed by atoms with Crippen molar-refractivity contribution in [2.24, 2.45) is 0 Å². The zero-order valence-corrected chi connectivity index (χ0v) is 18.3. The Labute approximate surface area is 190 Å². The first-order valence-electron chi connectivity index (χ1n) is 10.1. The minimum Gasteiger partial charge on any atom is -0.469 e. The summed E-state index contributed by atoms with van der Waals surface area (Å²) in [5.74, 6) is 1.46.